The molecule has 0 saturated heterocycles. The smallest absolute Gasteiger partial charge is 0.226 e. The van der Waals surface area contributed by atoms with Gasteiger partial charge in [0.15, 0.2) is 5.78 Å². The van der Waals surface area contributed by atoms with Crippen molar-refractivity contribution in [3.63, 3.8) is 0 Å². The number of nitrogens with one attached hydrogen (secondary N) is 1. The molecule has 0 bridgehead atoms. The number of alkyl halides is 1. The number of anilines is 1. The van der Waals surface area contributed by atoms with Crippen LogP contribution in [0, 0.1) is 5.92 Å². The Morgan fingerprint density at radius 2 is 1.65 bits per heavy atom. The molecular formula is C13H16ClNO2. The van der Waals surface area contributed by atoms with Gasteiger partial charge in [0.05, 0.1) is 5.38 Å². The van der Waals surface area contributed by atoms with Crippen LogP contribution >= 0.6 is 11.6 Å². The van der Waals surface area contributed by atoms with E-state index < -0.39 is 5.38 Å². The van der Waals surface area contributed by atoms with E-state index in [9.17, 15) is 9.59 Å². The Bertz CT molecular complexity index is 410. The van der Waals surface area contributed by atoms with Crippen LogP contribution in [-0.4, -0.2) is 17.1 Å². The third-order valence-corrected chi connectivity index (χ3v) is 2.52. The van der Waals surface area contributed by atoms with Crippen LogP contribution in [0.25, 0.3) is 0 Å². The zero-order valence-electron chi connectivity index (χ0n) is 10.2. The van der Waals surface area contributed by atoms with Crippen molar-refractivity contribution in [3.8, 4) is 0 Å². The highest BCUT2D eigenvalue weighted by Gasteiger charge is 2.12. The summed E-state index contributed by atoms with van der Waals surface area (Å²) in [6, 6.07) is 6.73. The summed E-state index contributed by atoms with van der Waals surface area (Å²) in [5.41, 5.74) is 1.23. The van der Waals surface area contributed by atoms with E-state index in [0.29, 0.717) is 11.3 Å². The molecule has 0 aliphatic heterocycles. The van der Waals surface area contributed by atoms with Crippen molar-refractivity contribution in [2.45, 2.75) is 26.1 Å². The minimum atomic E-state index is -0.536. The van der Waals surface area contributed by atoms with Crippen LogP contribution in [0.5, 0.6) is 0 Å². The maximum Gasteiger partial charge on any atom is 0.226 e. The summed E-state index contributed by atoms with van der Waals surface area (Å²) in [6.07, 6.45) is 0. The van der Waals surface area contributed by atoms with Crippen LogP contribution < -0.4 is 5.32 Å². The van der Waals surface area contributed by atoms with Crippen molar-refractivity contribution in [1.29, 1.82) is 0 Å². The molecule has 0 unspecified atom stereocenters. The van der Waals surface area contributed by atoms with Gasteiger partial charge in [-0.1, -0.05) is 13.8 Å². The van der Waals surface area contributed by atoms with Gasteiger partial charge in [-0.15, -0.1) is 11.6 Å². The number of benzene rings is 1. The fourth-order valence-corrected chi connectivity index (χ4v) is 1.36. The topological polar surface area (TPSA) is 46.2 Å². The molecule has 0 aliphatic carbocycles. The van der Waals surface area contributed by atoms with E-state index in [1.54, 1.807) is 31.2 Å². The van der Waals surface area contributed by atoms with Gasteiger partial charge in [0.25, 0.3) is 0 Å². The lowest BCUT2D eigenvalue weighted by atomic mass is 10.1. The lowest BCUT2D eigenvalue weighted by molar-refractivity contribution is -0.118. The fourth-order valence-electron chi connectivity index (χ4n) is 1.23. The second-order valence-corrected chi connectivity index (χ2v) is 4.86. The maximum absolute atomic E-state index is 11.6. The van der Waals surface area contributed by atoms with Gasteiger partial charge < -0.3 is 5.32 Å². The predicted octanol–water partition coefficient (Wildman–Crippen LogP) is 3.09. The van der Waals surface area contributed by atoms with E-state index >= 15 is 0 Å². The van der Waals surface area contributed by atoms with Crippen LogP contribution in [0.2, 0.25) is 0 Å². The summed E-state index contributed by atoms with van der Waals surface area (Å²) in [4.78, 5) is 23.0. The molecule has 0 spiro atoms. The van der Waals surface area contributed by atoms with Crippen LogP contribution in [0.4, 0.5) is 5.69 Å². The molecule has 0 saturated carbocycles. The number of carbonyl (C=O) groups excluding carboxylic acids is 2. The first-order valence-corrected chi connectivity index (χ1v) is 5.94. The number of halogens is 1. The number of carbonyl (C=O) groups is 2. The minimum absolute atomic E-state index is 0.0465. The third-order valence-electron chi connectivity index (χ3n) is 2.32. The van der Waals surface area contributed by atoms with E-state index in [1.165, 1.54) is 0 Å². The van der Waals surface area contributed by atoms with Gasteiger partial charge in [0.1, 0.15) is 0 Å². The van der Waals surface area contributed by atoms with Gasteiger partial charge in [-0.25, -0.2) is 0 Å². The van der Waals surface area contributed by atoms with Crippen molar-refractivity contribution >= 4 is 29.0 Å². The minimum Gasteiger partial charge on any atom is -0.326 e. The number of ketones is 1. The quantitative estimate of drug-likeness (QED) is 0.662. The van der Waals surface area contributed by atoms with Crippen LogP contribution in [0.3, 0.4) is 0 Å². The van der Waals surface area contributed by atoms with E-state index in [1.807, 2.05) is 13.8 Å². The Morgan fingerprint density at radius 3 is 2.06 bits per heavy atom. The van der Waals surface area contributed by atoms with Crippen molar-refractivity contribution in [2.24, 2.45) is 5.92 Å². The lowest BCUT2D eigenvalue weighted by Gasteiger charge is -2.08. The fraction of sp³-hybridized carbons (Fsp3) is 0.385. The molecular weight excluding hydrogens is 238 g/mol. The summed E-state index contributed by atoms with van der Waals surface area (Å²) in [5.74, 6) is -0.234. The summed E-state index contributed by atoms with van der Waals surface area (Å²) < 4.78 is 0. The Labute approximate surface area is 106 Å². The zero-order chi connectivity index (χ0) is 13.0. The van der Waals surface area contributed by atoms with Gasteiger partial charge in [0, 0.05) is 17.2 Å². The van der Waals surface area contributed by atoms with E-state index in [2.05, 4.69) is 5.32 Å². The molecule has 0 aliphatic rings. The summed E-state index contributed by atoms with van der Waals surface area (Å²) >= 11 is 5.71. The van der Waals surface area contributed by atoms with Crippen molar-refractivity contribution in [2.75, 3.05) is 5.32 Å². The molecule has 1 atom stereocenters. The first kappa shape index (κ1) is 13.7. The van der Waals surface area contributed by atoms with E-state index in [4.69, 9.17) is 11.6 Å². The van der Waals surface area contributed by atoms with Crippen LogP contribution in [-0.2, 0) is 4.79 Å². The standard InChI is InChI=1S/C13H16ClNO2/c1-8(2)13(17)15-11-6-4-10(5-7-11)12(16)9(3)14/h4-9H,1-3H3,(H,15,17)/t9-/m0/s1. The Morgan fingerprint density at radius 1 is 1.12 bits per heavy atom. The van der Waals surface area contributed by atoms with Gasteiger partial charge in [-0.3, -0.25) is 9.59 Å². The van der Waals surface area contributed by atoms with Crippen molar-refractivity contribution in [1.82, 2.24) is 0 Å². The molecule has 1 amide bonds. The van der Waals surface area contributed by atoms with Crippen LogP contribution in [0.15, 0.2) is 24.3 Å². The monoisotopic (exact) mass is 253 g/mol. The number of hydrogen-bond donors (Lipinski definition) is 1. The van der Waals surface area contributed by atoms with Crippen LogP contribution in [0.1, 0.15) is 31.1 Å². The lowest BCUT2D eigenvalue weighted by Crippen LogP contribution is -2.17. The average molecular weight is 254 g/mol. The predicted molar refractivity (Wildman–Crippen MR) is 69.6 cm³/mol. The Hall–Kier alpha value is -1.35. The van der Waals surface area contributed by atoms with Gasteiger partial charge >= 0.3 is 0 Å². The van der Waals surface area contributed by atoms with E-state index in [-0.39, 0.29) is 17.6 Å². The maximum atomic E-state index is 11.6. The Kier molecular flexibility index (Phi) is 4.70. The number of rotatable bonds is 4. The van der Waals surface area contributed by atoms with Gasteiger partial charge in [-0.2, -0.15) is 0 Å². The SMILES string of the molecule is CC(C)C(=O)Nc1ccc(C(=O)[C@H](C)Cl)cc1. The molecule has 1 aromatic rings. The molecule has 1 aromatic carbocycles. The molecule has 1 N–H and O–H groups in total. The van der Waals surface area contributed by atoms with Gasteiger partial charge in [-0.05, 0) is 31.2 Å². The van der Waals surface area contributed by atoms with Crippen molar-refractivity contribution in [3.05, 3.63) is 29.8 Å². The zero-order valence-corrected chi connectivity index (χ0v) is 10.9. The highest BCUT2D eigenvalue weighted by Crippen LogP contribution is 2.13. The summed E-state index contributed by atoms with van der Waals surface area (Å²) in [7, 11) is 0. The Balaban J connectivity index is 2.75. The summed E-state index contributed by atoms with van der Waals surface area (Å²) in [6.45, 7) is 5.28. The second kappa shape index (κ2) is 5.82. The highest BCUT2D eigenvalue weighted by molar-refractivity contribution is 6.33. The molecule has 0 fully saturated rings. The molecule has 3 nitrogen and oxygen atoms in total. The molecule has 0 aromatic heterocycles. The molecule has 17 heavy (non-hydrogen) atoms. The largest absolute Gasteiger partial charge is 0.326 e. The van der Waals surface area contributed by atoms with Gasteiger partial charge in [0.2, 0.25) is 5.91 Å². The van der Waals surface area contributed by atoms with E-state index in [0.717, 1.165) is 0 Å². The molecule has 4 heteroatoms. The molecule has 0 radical (unpaired) electrons. The molecule has 0 heterocycles. The highest BCUT2D eigenvalue weighted by atomic mass is 35.5. The number of hydrogen-bond acceptors (Lipinski definition) is 2. The summed E-state index contributed by atoms with van der Waals surface area (Å²) in [5, 5.41) is 2.22. The second-order valence-electron chi connectivity index (χ2n) is 4.20. The first-order chi connectivity index (χ1) is 7.91. The normalized spacial score (nSPS) is 12.3. The number of amides is 1. The number of Topliss-reactive ketones (excluding diaryl/α,β-unsaturated/α-hetero) is 1. The average Bonchev–Trinajstić information content (AvgIpc) is 2.28. The van der Waals surface area contributed by atoms with Crippen molar-refractivity contribution < 1.29 is 9.59 Å². The molecule has 1 rings (SSSR count). The first-order valence-electron chi connectivity index (χ1n) is 5.51. The molecule has 92 valence electrons. The third kappa shape index (κ3) is 3.86.